The van der Waals surface area contributed by atoms with Gasteiger partial charge in [0, 0.05) is 23.9 Å². The van der Waals surface area contributed by atoms with E-state index in [0.717, 1.165) is 0 Å². The molecular formula is C16H14F2N2O. The standard InChI is InChI=1S/C16H14F2N2O/c1-2-21-16-6-4-13(8-15(16)18)20-10-12-7-11(9-19)3-5-14(12)17/h3-8,20H,2,10H2,1H3. The Hall–Kier alpha value is -2.61. The third-order valence-electron chi connectivity index (χ3n) is 2.89. The number of rotatable bonds is 5. The molecule has 2 rings (SSSR count). The molecule has 21 heavy (non-hydrogen) atoms. The van der Waals surface area contributed by atoms with Gasteiger partial charge in [-0.1, -0.05) is 0 Å². The Kier molecular flexibility index (Phi) is 4.72. The van der Waals surface area contributed by atoms with Gasteiger partial charge in [0.2, 0.25) is 0 Å². The van der Waals surface area contributed by atoms with Crippen molar-refractivity contribution < 1.29 is 13.5 Å². The summed E-state index contributed by atoms with van der Waals surface area (Å²) in [5.74, 6) is -0.707. The lowest BCUT2D eigenvalue weighted by Crippen LogP contribution is -2.03. The van der Waals surface area contributed by atoms with E-state index in [1.807, 2.05) is 6.07 Å². The summed E-state index contributed by atoms with van der Waals surface area (Å²) in [6, 6.07) is 10.5. The van der Waals surface area contributed by atoms with Crippen LogP contribution in [-0.2, 0) is 6.54 Å². The highest BCUT2D eigenvalue weighted by Gasteiger charge is 2.06. The van der Waals surface area contributed by atoms with Gasteiger partial charge in [0.25, 0.3) is 0 Å². The first-order chi connectivity index (χ1) is 10.1. The molecule has 0 heterocycles. The Morgan fingerprint density at radius 3 is 2.62 bits per heavy atom. The SMILES string of the molecule is CCOc1ccc(NCc2cc(C#N)ccc2F)cc1F. The van der Waals surface area contributed by atoms with Gasteiger partial charge in [-0.2, -0.15) is 5.26 Å². The molecule has 0 aliphatic heterocycles. The van der Waals surface area contributed by atoms with Crippen LogP contribution >= 0.6 is 0 Å². The fraction of sp³-hybridized carbons (Fsp3) is 0.188. The molecule has 0 amide bonds. The molecule has 0 unspecified atom stereocenters. The summed E-state index contributed by atoms with van der Waals surface area (Å²) in [7, 11) is 0. The van der Waals surface area contributed by atoms with Crippen molar-refractivity contribution in [2.24, 2.45) is 0 Å². The first kappa shape index (κ1) is 14.8. The van der Waals surface area contributed by atoms with E-state index >= 15 is 0 Å². The summed E-state index contributed by atoms with van der Waals surface area (Å²) >= 11 is 0. The highest BCUT2D eigenvalue weighted by molar-refractivity contribution is 5.48. The van der Waals surface area contributed by atoms with Crippen LogP contribution in [0.3, 0.4) is 0 Å². The van der Waals surface area contributed by atoms with Crippen molar-refractivity contribution in [1.29, 1.82) is 5.26 Å². The number of ether oxygens (including phenoxy) is 1. The van der Waals surface area contributed by atoms with Crippen LogP contribution in [0.25, 0.3) is 0 Å². The van der Waals surface area contributed by atoms with E-state index in [9.17, 15) is 8.78 Å². The van der Waals surface area contributed by atoms with E-state index in [1.165, 1.54) is 30.3 Å². The van der Waals surface area contributed by atoms with E-state index in [4.69, 9.17) is 10.00 Å². The fourth-order valence-electron chi connectivity index (χ4n) is 1.86. The fourth-order valence-corrected chi connectivity index (χ4v) is 1.86. The van der Waals surface area contributed by atoms with Crippen LogP contribution in [-0.4, -0.2) is 6.61 Å². The van der Waals surface area contributed by atoms with Crippen LogP contribution in [0.1, 0.15) is 18.1 Å². The second-order valence-corrected chi connectivity index (χ2v) is 4.35. The van der Waals surface area contributed by atoms with E-state index in [0.29, 0.717) is 23.4 Å². The van der Waals surface area contributed by atoms with Crippen molar-refractivity contribution in [3.05, 3.63) is 59.2 Å². The van der Waals surface area contributed by atoms with Gasteiger partial charge in [-0.25, -0.2) is 8.78 Å². The first-order valence-electron chi connectivity index (χ1n) is 6.48. The quantitative estimate of drug-likeness (QED) is 0.909. The lowest BCUT2D eigenvalue weighted by Gasteiger charge is -2.10. The monoisotopic (exact) mass is 288 g/mol. The number of halogens is 2. The maximum atomic E-state index is 13.7. The average molecular weight is 288 g/mol. The van der Waals surface area contributed by atoms with Crippen molar-refractivity contribution in [2.45, 2.75) is 13.5 Å². The smallest absolute Gasteiger partial charge is 0.167 e. The number of benzene rings is 2. The predicted octanol–water partition coefficient (Wildman–Crippen LogP) is 3.85. The van der Waals surface area contributed by atoms with Crippen molar-refractivity contribution in [3.8, 4) is 11.8 Å². The van der Waals surface area contributed by atoms with Gasteiger partial charge < -0.3 is 10.1 Å². The maximum absolute atomic E-state index is 13.7. The minimum atomic E-state index is -0.479. The second kappa shape index (κ2) is 6.71. The van der Waals surface area contributed by atoms with E-state index < -0.39 is 11.6 Å². The summed E-state index contributed by atoms with van der Waals surface area (Å²) in [5, 5.41) is 11.7. The number of nitrogens with one attached hydrogen (secondary N) is 1. The highest BCUT2D eigenvalue weighted by atomic mass is 19.1. The predicted molar refractivity (Wildman–Crippen MR) is 76.0 cm³/mol. The lowest BCUT2D eigenvalue weighted by atomic mass is 10.1. The Balaban J connectivity index is 2.10. The van der Waals surface area contributed by atoms with Crippen LogP contribution in [0.2, 0.25) is 0 Å². The number of hydrogen-bond donors (Lipinski definition) is 1. The molecule has 3 nitrogen and oxygen atoms in total. The Labute approximate surface area is 121 Å². The molecule has 2 aromatic rings. The summed E-state index contributed by atoms with van der Waals surface area (Å²) in [6.45, 7) is 2.32. The van der Waals surface area contributed by atoms with E-state index in [2.05, 4.69) is 5.32 Å². The zero-order valence-electron chi connectivity index (χ0n) is 11.5. The molecule has 0 aromatic heterocycles. The third-order valence-corrected chi connectivity index (χ3v) is 2.89. The molecule has 0 aliphatic carbocycles. The number of hydrogen-bond acceptors (Lipinski definition) is 3. The van der Waals surface area contributed by atoms with Gasteiger partial charge in [0.05, 0.1) is 18.2 Å². The van der Waals surface area contributed by atoms with Crippen molar-refractivity contribution in [2.75, 3.05) is 11.9 Å². The summed E-state index contributed by atoms with van der Waals surface area (Å²) in [4.78, 5) is 0. The molecule has 0 bridgehead atoms. The van der Waals surface area contributed by atoms with Gasteiger partial charge in [-0.05, 0) is 37.3 Å². The normalized spacial score (nSPS) is 10.0. The number of nitriles is 1. The maximum Gasteiger partial charge on any atom is 0.167 e. The molecule has 1 N–H and O–H groups in total. The summed E-state index contributed by atoms with van der Waals surface area (Å²) < 4.78 is 32.4. The van der Waals surface area contributed by atoms with Gasteiger partial charge in [0.1, 0.15) is 5.82 Å². The van der Waals surface area contributed by atoms with E-state index in [1.54, 1.807) is 13.0 Å². The zero-order valence-corrected chi connectivity index (χ0v) is 11.5. The molecule has 0 saturated carbocycles. The summed E-state index contributed by atoms with van der Waals surface area (Å²) in [5.41, 5.74) is 1.24. The molecule has 5 heteroatoms. The Morgan fingerprint density at radius 2 is 1.95 bits per heavy atom. The average Bonchev–Trinajstić information content (AvgIpc) is 2.49. The molecular weight excluding hydrogens is 274 g/mol. The van der Waals surface area contributed by atoms with Crippen LogP contribution in [0.15, 0.2) is 36.4 Å². The molecule has 0 spiro atoms. The Morgan fingerprint density at radius 1 is 1.14 bits per heavy atom. The molecule has 108 valence electrons. The Bertz CT molecular complexity index is 680. The van der Waals surface area contributed by atoms with Gasteiger partial charge in [0.15, 0.2) is 11.6 Å². The lowest BCUT2D eigenvalue weighted by molar-refractivity contribution is 0.321. The molecule has 0 radical (unpaired) electrons. The minimum absolute atomic E-state index is 0.161. The largest absolute Gasteiger partial charge is 0.491 e. The van der Waals surface area contributed by atoms with Gasteiger partial charge in [-0.15, -0.1) is 0 Å². The molecule has 0 atom stereocenters. The zero-order chi connectivity index (χ0) is 15.2. The second-order valence-electron chi connectivity index (χ2n) is 4.35. The van der Waals surface area contributed by atoms with Crippen LogP contribution in [0, 0.1) is 23.0 Å². The highest BCUT2D eigenvalue weighted by Crippen LogP contribution is 2.22. The number of anilines is 1. The van der Waals surface area contributed by atoms with Crippen molar-refractivity contribution in [3.63, 3.8) is 0 Å². The minimum Gasteiger partial charge on any atom is -0.491 e. The van der Waals surface area contributed by atoms with E-state index in [-0.39, 0.29) is 12.3 Å². The van der Waals surface area contributed by atoms with Crippen LogP contribution in [0.5, 0.6) is 5.75 Å². The topological polar surface area (TPSA) is 45.0 Å². The van der Waals surface area contributed by atoms with Gasteiger partial charge in [-0.3, -0.25) is 0 Å². The molecule has 0 fully saturated rings. The molecule has 2 aromatic carbocycles. The van der Waals surface area contributed by atoms with Crippen LogP contribution in [0.4, 0.5) is 14.5 Å². The van der Waals surface area contributed by atoms with Crippen molar-refractivity contribution >= 4 is 5.69 Å². The third kappa shape index (κ3) is 3.69. The summed E-state index contributed by atoms with van der Waals surface area (Å²) in [6.07, 6.45) is 0. The van der Waals surface area contributed by atoms with Crippen LogP contribution < -0.4 is 10.1 Å². The molecule has 0 saturated heterocycles. The van der Waals surface area contributed by atoms with Gasteiger partial charge >= 0.3 is 0 Å². The number of nitrogens with zero attached hydrogens (tertiary/aromatic N) is 1. The molecule has 0 aliphatic rings. The first-order valence-corrected chi connectivity index (χ1v) is 6.48. The van der Waals surface area contributed by atoms with Crippen molar-refractivity contribution in [1.82, 2.24) is 0 Å².